The number of ether oxygens (including phenoxy) is 4. The number of carbonyl (C=O) groups excluding carboxylic acids is 2. The van der Waals surface area contributed by atoms with Gasteiger partial charge in [0.1, 0.15) is 19.0 Å². The third-order valence-corrected chi connectivity index (χ3v) is 4.63. The Kier molecular flexibility index (Phi) is 6.37. The van der Waals surface area contributed by atoms with Gasteiger partial charge >= 0.3 is 12.3 Å². The average Bonchev–Trinajstić information content (AvgIpc) is 2.75. The quantitative estimate of drug-likeness (QED) is 0.216. The lowest BCUT2D eigenvalue weighted by Crippen LogP contribution is -2.13. The van der Waals surface area contributed by atoms with Crippen LogP contribution in [0.2, 0.25) is 0 Å². The monoisotopic (exact) mass is 406 g/mol. The van der Waals surface area contributed by atoms with Crippen molar-refractivity contribution in [3.05, 3.63) is 72.8 Å². The van der Waals surface area contributed by atoms with Crippen LogP contribution in [0.25, 0.3) is 21.5 Å². The standard InChI is InChI=1S/C24H22O6/c1-5-13-27-23(25)29-21-17-9-7-8-10-18(17)22(30-24(26)28-14-6-2)20-16(4)15(3)11-12-19(20)21/h5-12H,1-2,13-14H2,3-4H3. The van der Waals surface area contributed by atoms with Crippen LogP contribution < -0.4 is 9.47 Å². The van der Waals surface area contributed by atoms with Gasteiger partial charge < -0.3 is 18.9 Å². The molecule has 0 atom stereocenters. The van der Waals surface area contributed by atoms with Crippen molar-refractivity contribution in [2.24, 2.45) is 0 Å². The number of fused-ring (bicyclic) bond motifs is 2. The van der Waals surface area contributed by atoms with Crippen molar-refractivity contribution in [2.45, 2.75) is 13.8 Å². The second-order valence-corrected chi connectivity index (χ2v) is 6.54. The van der Waals surface area contributed by atoms with Crippen molar-refractivity contribution in [3.8, 4) is 11.5 Å². The van der Waals surface area contributed by atoms with Crippen LogP contribution in [0.3, 0.4) is 0 Å². The van der Waals surface area contributed by atoms with Gasteiger partial charge in [0.15, 0.2) is 5.75 Å². The number of aryl methyl sites for hydroxylation is 2. The van der Waals surface area contributed by atoms with Crippen molar-refractivity contribution < 1.29 is 28.5 Å². The minimum Gasteiger partial charge on any atom is -0.430 e. The molecule has 0 saturated heterocycles. The molecule has 0 unspecified atom stereocenters. The maximum atomic E-state index is 12.2. The van der Waals surface area contributed by atoms with E-state index in [1.807, 2.05) is 26.0 Å². The topological polar surface area (TPSA) is 71.1 Å². The predicted molar refractivity (Wildman–Crippen MR) is 115 cm³/mol. The van der Waals surface area contributed by atoms with Crippen LogP contribution >= 0.6 is 0 Å². The van der Waals surface area contributed by atoms with Crippen LogP contribution in [0.5, 0.6) is 11.5 Å². The molecule has 0 saturated carbocycles. The maximum Gasteiger partial charge on any atom is 0.514 e. The van der Waals surface area contributed by atoms with Gasteiger partial charge in [-0.2, -0.15) is 0 Å². The van der Waals surface area contributed by atoms with E-state index in [0.29, 0.717) is 33.0 Å². The lowest BCUT2D eigenvalue weighted by atomic mass is 9.95. The average molecular weight is 406 g/mol. The van der Waals surface area contributed by atoms with Gasteiger partial charge in [-0.1, -0.05) is 61.7 Å². The Morgan fingerprint density at radius 2 is 1.33 bits per heavy atom. The number of hydrogen-bond acceptors (Lipinski definition) is 6. The highest BCUT2D eigenvalue weighted by Gasteiger charge is 2.22. The molecule has 6 nitrogen and oxygen atoms in total. The van der Waals surface area contributed by atoms with Crippen LogP contribution in [0, 0.1) is 13.8 Å². The van der Waals surface area contributed by atoms with Crippen molar-refractivity contribution in [3.63, 3.8) is 0 Å². The molecule has 0 heterocycles. The van der Waals surface area contributed by atoms with E-state index in [9.17, 15) is 9.59 Å². The molecule has 0 bridgehead atoms. The minimum absolute atomic E-state index is 0.0308. The molecular weight excluding hydrogens is 384 g/mol. The van der Waals surface area contributed by atoms with E-state index < -0.39 is 12.3 Å². The molecule has 30 heavy (non-hydrogen) atoms. The molecule has 3 rings (SSSR count). The molecule has 0 aliphatic heterocycles. The summed E-state index contributed by atoms with van der Waals surface area (Å²) in [5.74, 6) is 0.659. The van der Waals surface area contributed by atoms with Crippen LogP contribution in [-0.2, 0) is 9.47 Å². The fourth-order valence-corrected chi connectivity index (χ4v) is 3.15. The molecule has 0 aromatic heterocycles. The van der Waals surface area contributed by atoms with Crippen molar-refractivity contribution >= 4 is 33.9 Å². The summed E-state index contributed by atoms with van der Waals surface area (Å²) in [6.07, 6.45) is 1.22. The summed E-state index contributed by atoms with van der Waals surface area (Å²) in [5.41, 5.74) is 1.87. The van der Waals surface area contributed by atoms with Crippen LogP contribution in [-0.4, -0.2) is 25.5 Å². The highest BCUT2D eigenvalue weighted by atomic mass is 16.7. The SMILES string of the molecule is C=CCOC(=O)Oc1c2ccccc2c(OC(=O)OCC=C)c2c(C)c(C)ccc12. The Morgan fingerprint density at radius 3 is 1.90 bits per heavy atom. The molecule has 0 spiro atoms. The molecule has 0 N–H and O–H groups in total. The van der Waals surface area contributed by atoms with E-state index in [1.165, 1.54) is 12.2 Å². The summed E-state index contributed by atoms with van der Waals surface area (Å²) in [5, 5.41) is 2.45. The second kappa shape index (κ2) is 9.13. The number of benzene rings is 3. The number of carbonyl (C=O) groups is 2. The van der Waals surface area contributed by atoms with Gasteiger partial charge in [0.2, 0.25) is 0 Å². The zero-order chi connectivity index (χ0) is 21.7. The predicted octanol–water partition coefficient (Wildman–Crippen LogP) is 6.01. The molecule has 0 amide bonds. The van der Waals surface area contributed by atoms with Crippen LogP contribution in [0.1, 0.15) is 11.1 Å². The molecule has 3 aromatic rings. The molecule has 0 radical (unpaired) electrons. The molecule has 0 aliphatic carbocycles. The Labute approximate surface area is 174 Å². The Morgan fingerprint density at radius 1 is 0.800 bits per heavy atom. The van der Waals surface area contributed by atoms with Crippen molar-refractivity contribution in [2.75, 3.05) is 13.2 Å². The Hall–Kier alpha value is -3.80. The number of rotatable bonds is 6. The zero-order valence-corrected chi connectivity index (χ0v) is 16.9. The van der Waals surface area contributed by atoms with E-state index in [2.05, 4.69) is 13.2 Å². The molecule has 0 aliphatic rings. The first-order valence-corrected chi connectivity index (χ1v) is 9.33. The van der Waals surface area contributed by atoms with E-state index >= 15 is 0 Å². The van der Waals surface area contributed by atoms with Crippen LogP contribution in [0.4, 0.5) is 9.59 Å². The summed E-state index contributed by atoms with van der Waals surface area (Å²) in [6, 6.07) is 10.9. The van der Waals surface area contributed by atoms with Gasteiger partial charge in [-0.05, 0) is 25.0 Å². The lowest BCUT2D eigenvalue weighted by molar-refractivity contribution is 0.109. The smallest absolute Gasteiger partial charge is 0.430 e. The maximum absolute atomic E-state index is 12.2. The summed E-state index contributed by atoms with van der Waals surface area (Å²) < 4.78 is 21.2. The summed E-state index contributed by atoms with van der Waals surface area (Å²) in [7, 11) is 0. The lowest BCUT2D eigenvalue weighted by Gasteiger charge is -2.18. The highest BCUT2D eigenvalue weighted by molar-refractivity contribution is 6.13. The van der Waals surface area contributed by atoms with Gasteiger partial charge in [0, 0.05) is 21.5 Å². The summed E-state index contributed by atoms with van der Waals surface area (Å²) >= 11 is 0. The van der Waals surface area contributed by atoms with Gasteiger partial charge in [0.25, 0.3) is 0 Å². The fraction of sp³-hybridized carbons (Fsp3) is 0.167. The largest absolute Gasteiger partial charge is 0.514 e. The van der Waals surface area contributed by atoms with Crippen molar-refractivity contribution in [1.29, 1.82) is 0 Å². The molecule has 0 fully saturated rings. The Balaban J connectivity index is 2.27. The normalized spacial score (nSPS) is 10.5. The van der Waals surface area contributed by atoms with Crippen molar-refractivity contribution in [1.82, 2.24) is 0 Å². The molecule has 3 aromatic carbocycles. The Bertz CT molecular complexity index is 1150. The summed E-state index contributed by atoms with van der Waals surface area (Å²) in [4.78, 5) is 24.4. The first-order chi connectivity index (χ1) is 14.5. The molecule has 154 valence electrons. The van der Waals surface area contributed by atoms with Gasteiger partial charge in [-0.3, -0.25) is 0 Å². The fourth-order valence-electron chi connectivity index (χ4n) is 3.15. The first-order valence-electron chi connectivity index (χ1n) is 9.33. The van der Waals surface area contributed by atoms with E-state index in [1.54, 1.807) is 24.3 Å². The minimum atomic E-state index is -0.848. The van der Waals surface area contributed by atoms with Gasteiger partial charge in [-0.25, -0.2) is 9.59 Å². The second-order valence-electron chi connectivity index (χ2n) is 6.54. The summed E-state index contributed by atoms with van der Waals surface area (Å²) in [6.45, 7) is 11.0. The number of hydrogen-bond donors (Lipinski definition) is 0. The third-order valence-electron chi connectivity index (χ3n) is 4.63. The highest BCUT2D eigenvalue weighted by Crippen LogP contribution is 2.45. The molecular formula is C24H22O6. The zero-order valence-electron chi connectivity index (χ0n) is 16.9. The van der Waals surface area contributed by atoms with E-state index in [0.717, 1.165) is 11.1 Å². The third kappa shape index (κ3) is 4.12. The van der Waals surface area contributed by atoms with Crippen LogP contribution in [0.15, 0.2) is 61.7 Å². The molecule has 6 heteroatoms. The first kappa shape index (κ1) is 20.9. The van der Waals surface area contributed by atoms with E-state index in [4.69, 9.17) is 18.9 Å². The van der Waals surface area contributed by atoms with E-state index in [-0.39, 0.29) is 13.2 Å². The van der Waals surface area contributed by atoms with Gasteiger partial charge in [0.05, 0.1) is 0 Å². The van der Waals surface area contributed by atoms with Gasteiger partial charge in [-0.15, -0.1) is 0 Å².